The molecule has 0 saturated heterocycles. The fraction of sp³-hybridized carbons (Fsp3) is 0.286. The molecule has 3 aromatic rings. The van der Waals surface area contributed by atoms with Crippen molar-refractivity contribution in [1.29, 1.82) is 0 Å². The number of fused-ring (bicyclic) bond motifs is 2. The fourth-order valence-electron chi connectivity index (χ4n) is 3.07. The molecule has 7 heteroatoms. The normalized spacial score (nSPS) is 13.1. The second-order valence-electron chi connectivity index (χ2n) is 6.56. The van der Waals surface area contributed by atoms with E-state index in [0.717, 1.165) is 34.6 Å². The van der Waals surface area contributed by atoms with Crippen molar-refractivity contribution >= 4 is 39.1 Å². The Balaban J connectivity index is 1.19. The standard InChI is InChI=1S/C21H20N2O4S/c24-19-10-7-14-12-15(8-9-16(14)22-19)27-13-21(25)26-11-3-6-20-23-17-4-1-2-5-18(17)28-20/h1-2,4-5,8-9,12H,3,6-7,10-11,13H2,(H,22,24). The summed E-state index contributed by atoms with van der Waals surface area (Å²) in [6.07, 6.45) is 2.65. The number of hydrogen-bond donors (Lipinski definition) is 1. The molecule has 28 heavy (non-hydrogen) atoms. The SMILES string of the molecule is O=C1CCc2cc(OCC(=O)OCCCc3nc4ccccc4s3)ccc2N1. The van der Waals surface area contributed by atoms with Gasteiger partial charge in [0.2, 0.25) is 5.91 Å². The predicted octanol–water partition coefficient (Wildman–Crippen LogP) is 3.74. The first-order valence-corrected chi connectivity index (χ1v) is 10.0. The summed E-state index contributed by atoms with van der Waals surface area (Å²) in [5, 5.41) is 3.87. The van der Waals surface area contributed by atoms with E-state index in [1.807, 2.05) is 24.3 Å². The number of thiazole rings is 1. The highest BCUT2D eigenvalue weighted by Gasteiger charge is 2.15. The van der Waals surface area contributed by atoms with Crippen LogP contribution in [0.5, 0.6) is 5.75 Å². The van der Waals surface area contributed by atoms with Crippen molar-refractivity contribution in [2.75, 3.05) is 18.5 Å². The second-order valence-corrected chi connectivity index (χ2v) is 7.67. The number of anilines is 1. The quantitative estimate of drug-likeness (QED) is 0.486. The first kappa shape index (κ1) is 18.4. The van der Waals surface area contributed by atoms with E-state index in [-0.39, 0.29) is 12.5 Å². The Kier molecular flexibility index (Phi) is 5.53. The third kappa shape index (κ3) is 4.48. The highest BCUT2D eigenvalue weighted by Crippen LogP contribution is 2.27. The van der Waals surface area contributed by atoms with Gasteiger partial charge in [-0.3, -0.25) is 4.79 Å². The molecular weight excluding hydrogens is 376 g/mol. The highest BCUT2D eigenvalue weighted by atomic mass is 32.1. The molecule has 0 radical (unpaired) electrons. The van der Waals surface area contributed by atoms with Gasteiger partial charge in [0.1, 0.15) is 5.75 Å². The number of nitrogens with zero attached hydrogens (tertiary/aromatic N) is 1. The number of rotatable bonds is 7. The molecule has 0 spiro atoms. The summed E-state index contributed by atoms with van der Waals surface area (Å²) < 4.78 is 11.9. The maximum Gasteiger partial charge on any atom is 0.344 e. The van der Waals surface area contributed by atoms with E-state index in [0.29, 0.717) is 25.2 Å². The summed E-state index contributed by atoms with van der Waals surface area (Å²) >= 11 is 1.67. The largest absolute Gasteiger partial charge is 0.482 e. The van der Waals surface area contributed by atoms with Gasteiger partial charge in [-0.1, -0.05) is 12.1 Å². The van der Waals surface area contributed by atoms with Crippen LogP contribution in [0.15, 0.2) is 42.5 Å². The lowest BCUT2D eigenvalue weighted by molar-refractivity contribution is -0.146. The lowest BCUT2D eigenvalue weighted by Gasteiger charge is -2.17. The minimum atomic E-state index is -0.393. The molecule has 1 aliphatic rings. The van der Waals surface area contributed by atoms with Gasteiger partial charge in [0, 0.05) is 18.5 Å². The predicted molar refractivity (Wildman–Crippen MR) is 108 cm³/mol. The third-order valence-corrected chi connectivity index (χ3v) is 5.56. The van der Waals surface area contributed by atoms with Crippen LogP contribution in [-0.2, 0) is 27.2 Å². The Hall–Kier alpha value is -2.93. The number of carbonyl (C=O) groups is 2. The highest BCUT2D eigenvalue weighted by molar-refractivity contribution is 7.18. The zero-order chi connectivity index (χ0) is 19.3. The Morgan fingerprint density at radius 2 is 2.07 bits per heavy atom. The third-order valence-electron chi connectivity index (χ3n) is 4.47. The average Bonchev–Trinajstić information content (AvgIpc) is 3.12. The van der Waals surface area contributed by atoms with Gasteiger partial charge in [0.25, 0.3) is 0 Å². The lowest BCUT2D eigenvalue weighted by atomic mass is 10.0. The molecule has 1 amide bonds. The molecule has 6 nitrogen and oxygen atoms in total. The van der Waals surface area contributed by atoms with E-state index >= 15 is 0 Å². The van der Waals surface area contributed by atoms with Gasteiger partial charge in [-0.05, 0) is 48.7 Å². The van der Waals surface area contributed by atoms with Crippen molar-refractivity contribution in [1.82, 2.24) is 4.98 Å². The summed E-state index contributed by atoms with van der Waals surface area (Å²) in [5.41, 5.74) is 2.83. The van der Waals surface area contributed by atoms with Crippen LogP contribution in [0, 0.1) is 0 Å². The zero-order valence-electron chi connectivity index (χ0n) is 15.3. The summed E-state index contributed by atoms with van der Waals surface area (Å²) in [4.78, 5) is 27.8. The van der Waals surface area contributed by atoms with Gasteiger partial charge in [0.15, 0.2) is 6.61 Å². The monoisotopic (exact) mass is 396 g/mol. The van der Waals surface area contributed by atoms with Crippen LogP contribution < -0.4 is 10.1 Å². The molecular formula is C21H20N2O4S. The number of carbonyl (C=O) groups excluding carboxylic acids is 2. The van der Waals surface area contributed by atoms with E-state index < -0.39 is 5.97 Å². The van der Waals surface area contributed by atoms with Gasteiger partial charge >= 0.3 is 5.97 Å². The van der Waals surface area contributed by atoms with Crippen molar-refractivity contribution in [2.24, 2.45) is 0 Å². The number of aryl methyl sites for hydroxylation is 2. The van der Waals surface area contributed by atoms with E-state index in [1.54, 1.807) is 23.5 Å². The molecule has 144 valence electrons. The molecule has 1 aromatic heterocycles. The van der Waals surface area contributed by atoms with Crippen LogP contribution >= 0.6 is 11.3 Å². The Bertz CT molecular complexity index is 982. The molecule has 0 unspecified atom stereocenters. The molecule has 0 atom stereocenters. The number of benzene rings is 2. The van der Waals surface area contributed by atoms with Crippen LogP contribution in [-0.4, -0.2) is 30.1 Å². The van der Waals surface area contributed by atoms with Crippen LogP contribution in [0.25, 0.3) is 10.2 Å². The minimum absolute atomic E-state index is 0.0237. The van der Waals surface area contributed by atoms with E-state index in [9.17, 15) is 9.59 Å². The molecule has 0 aliphatic carbocycles. The number of nitrogens with one attached hydrogen (secondary N) is 1. The Labute approximate surface area is 166 Å². The second kappa shape index (κ2) is 8.39. The lowest BCUT2D eigenvalue weighted by Crippen LogP contribution is -2.19. The van der Waals surface area contributed by atoms with Gasteiger partial charge in [-0.2, -0.15) is 0 Å². The summed E-state index contributed by atoms with van der Waals surface area (Å²) in [6, 6.07) is 13.4. The van der Waals surface area contributed by atoms with Crippen LogP contribution in [0.4, 0.5) is 5.69 Å². The molecule has 0 bridgehead atoms. The van der Waals surface area contributed by atoms with Gasteiger partial charge < -0.3 is 14.8 Å². The number of aromatic nitrogens is 1. The van der Waals surface area contributed by atoms with Crippen molar-refractivity contribution in [3.05, 3.63) is 53.0 Å². The van der Waals surface area contributed by atoms with Crippen molar-refractivity contribution in [2.45, 2.75) is 25.7 Å². The zero-order valence-corrected chi connectivity index (χ0v) is 16.1. The maximum absolute atomic E-state index is 11.9. The molecule has 1 aliphatic heterocycles. The summed E-state index contributed by atoms with van der Waals surface area (Å²) in [5.74, 6) is 0.229. The summed E-state index contributed by atoms with van der Waals surface area (Å²) in [7, 11) is 0. The smallest absolute Gasteiger partial charge is 0.344 e. The van der Waals surface area contributed by atoms with Gasteiger partial charge in [-0.15, -0.1) is 11.3 Å². The Morgan fingerprint density at radius 3 is 2.96 bits per heavy atom. The fourth-order valence-corrected chi connectivity index (χ4v) is 4.08. The summed E-state index contributed by atoms with van der Waals surface area (Å²) in [6.45, 7) is 0.209. The van der Waals surface area contributed by atoms with E-state index in [2.05, 4.69) is 16.4 Å². The molecule has 2 heterocycles. The van der Waals surface area contributed by atoms with Crippen molar-refractivity contribution in [3.8, 4) is 5.75 Å². The van der Waals surface area contributed by atoms with Crippen LogP contribution in [0.1, 0.15) is 23.4 Å². The molecule has 1 N–H and O–H groups in total. The maximum atomic E-state index is 11.9. The number of ether oxygens (including phenoxy) is 2. The molecule has 2 aromatic carbocycles. The number of amides is 1. The molecule has 4 rings (SSSR count). The average molecular weight is 396 g/mol. The van der Waals surface area contributed by atoms with Gasteiger partial charge in [0.05, 0.1) is 21.8 Å². The van der Waals surface area contributed by atoms with Crippen LogP contribution in [0.2, 0.25) is 0 Å². The number of esters is 1. The topological polar surface area (TPSA) is 77.5 Å². The molecule has 0 fully saturated rings. The van der Waals surface area contributed by atoms with Crippen LogP contribution in [0.3, 0.4) is 0 Å². The number of para-hydroxylation sites is 1. The van der Waals surface area contributed by atoms with Crippen molar-refractivity contribution < 1.29 is 19.1 Å². The van der Waals surface area contributed by atoms with E-state index in [4.69, 9.17) is 9.47 Å². The Morgan fingerprint density at radius 1 is 1.18 bits per heavy atom. The first-order chi connectivity index (χ1) is 13.7. The first-order valence-electron chi connectivity index (χ1n) is 9.23. The van der Waals surface area contributed by atoms with Crippen molar-refractivity contribution in [3.63, 3.8) is 0 Å². The minimum Gasteiger partial charge on any atom is -0.482 e. The van der Waals surface area contributed by atoms with Gasteiger partial charge in [-0.25, -0.2) is 9.78 Å². The number of hydrogen-bond acceptors (Lipinski definition) is 6. The molecule has 0 saturated carbocycles. The van der Waals surface area contributed by atoms with E-state index in [1.165, 1.54) is 4.70 Å².